The van der Waals surface area contributed by atoms with Gasteiger partial charge in [0.2, 0.25) is 6.73 Å². The van der Waals surface area contributed by atoms with E-state index in [1.54, 1.807) is 11.8 Å². The zero-order valence-electron chi connectivity index (χ0n) is 13.3. The number of nitrogens with one attached hydrogen (secondary N) is 1. The highest BCUT2D eigenvalue weighted by atomic mass is 35.5. The molecule has 1 aromatic heterocycles. The second-order valence-electron chi connectivity index (χ2n) is 6.57. The minimum absolute atomic E-state index is 0.716. The molecule has 1 unspecified atom stereocenters. The first-order valence-corrected chi connectivity index (χ1v) is 8.89. The first-order chi connectivity index (χ1) is 11.3. The lowest BCUT2D eigenvalue weighted by Gasteiger charge is -2.27. The molecule has 23 heavy (non-hydrogen) atoms. The number of benzene rings is 1. The first kappa shape index (κ1) is 15.0. The van der Waals surface area contributed by atoms with Crippen molar-refractivity contribution in [2.45, 2.75) is 38.6 Å². The fourth-order valence-electron chi connectivity index (χ4n) is 3.64. The Morgan fingerprint density at radius 2 is 2.26 bits per heavy atom. The second-order valence-corrected chi connectivity index (χ2v) is 6.98. The predicted octanol–water partition coefficient (Wildman–Crippen LogP) is 3.51. The molecule has 4 heteroatoms. The summed E-state index contributed by atoms with van der Waals surface area (Å²) in [5, 5.41) is 1.75. The molecule has 1 aliphatic carbocycles. The van der Waals surface area contributed by atoms with Crippen molar-refractivity contribution in [3.05, 3.63) is 46.6 Å². The van der Waals surface area contributed by atoms with Crippen molar-refractivity contribution >= 4 is 22.5 Å². The number of ether oxygens (including phenoxy) is 1. The summed E-state index contributed by atoms with van der Waals surface area (Å²) < 4.78 is 6.07. The summed E-state index contributed by atoms with van der Waals surface area (Å²) in [7, 11) is 0. The van der Waals surface area contributed by atoms with Gasteiger partial charge in [-0.3, -0.25) is 9.88 Å². The number of quaternary nitrogens is 1. The quantitative estimate of drug-likeness (QED) is 0.872. The fraction of sp³-hybridized carbons (Fsp3) is 0.421. The Morgan fingerprint density at radius 1 is 1.30 bits per heavy atom. The largest absolute Gasteiger partial charge is 0.443 e. The van der Waals surface area contributed by atoms with Crippen LogP contribution in [0.3, 0.4) is 0 Å². The van der Waals surface area contributed by atoms with Gasteiger partial charge < -0.3 is 4.74 Å². The number of rotatable bonds is 3. The van der Waals surface area contributed by atoms with Crippen LogP contribution in [-0.4, -0.2) is 18.3 Å². The maximum absolute atomic E-state index is 6.43. The lowest BCUT2D eigenvalue weighted by atomic mass is 9.97. The molecule has 0 bridgehead atoms. The standard InChI is InChI=1S/C19H21ClN2O/c20-17-11-15-12-22(10-8-14-5-2-1-3-6-14)13-23-19(15)18-16(17)7-4-9-21-18/h4-5,7,9,11H,1-3,6,8,10,12-13H2/p+1. The van der Waals surface area contributed by atoms with Gasteiger partial charge in [-0.2, -0.15) is 0 Å². The zero-order valence-corrected chi connectivity index (χ0v) is 14.0. The van der Waals surface area contributed by atoms with Crippen LogP contribution < -0.4 is 9.64 Å². The van der Waals surface area contributed by atoms with Crippen molar-refractivity contribution in [3.8, 4) is 5.75 Å². The fourth-order valence-corrected chi connectivity index (χ4v) is 3.93. The number of allylic oxidation sites excluding steroid dienone is 1. The molecule has 1 N–H and O–H groups in total. The summed E-state index contributed by atoms with van der Waals surface area (Å²) in [5.41, 5.74) is 3.71. The highest BCUT2D eigenvalue weighted by molar-refractivity contribution is 6.35. The number of hydrogen-bond donors (Lipinski definition) is 1. The Labute approximate surface area is 141 Å². The molecule has 0 saturated heterocycles. The predicted molar refractivity (Wildman–Crippen MR) is 92.9 cm³/mol. The van der Waals surface area contributed by atoms with Crippen LogP contribution in [0, 0.1) is 0 Å². The summed E-state index contributed by atoms with van der Waals surface area (Å²) in [6.07, 6.45) is 10.7. The number of halogens is 1. The molecule has 2 heterocycles. The smallest absolute Gasteiger partial charge is 0.222 e. The van der Waals surface area contributed by atoms with Gasteiger partial charge in [-0.15, -0.1) is 0 Å². The van der Waals surface area contributed by atoms with Gasteiger partial charge in [0.25, 0.3) is 0 Å². The van der Waals surface area contributed by atoms with E-state index in [9.17, 15) is 0 Å². The topological polar surface area (TPSA) is 26.6 Å². The number of nitrogens with zero attached hydrogens (tertiary/aromatic N) is 1. The molecule has 0 spiro atoms. The molecule has 1 aliphatic heterocycles. The Hall–Kier alpha value is -1.58. The molecule has 1 atom stereocenters. The molecular weight excluding hydrogens is 308 g/mol. The molecule has 1 aromatic carbocycles. The summed E-state index contributed by atoms with van der Waals surface area (Å²) in [4.78, 5) is 5.94. The van der Waals surface area contributed by atoms with E-state index < -0.39 is 0 Å². The van der Waals surface area contributed by atoms with E-state index in [0.717, 1.165) is 34.8 Å². The van der Waals surface area contributed by atoms with E-state index in [2.05, 4.69) is 17.1 Å². The van der Waals surface area contributed by atoms with Crippen LogP contribution >= 0.6 is 11.6 Å². The van der Waals surface area contributed by atoms with Gasteiger partial charge in [0.05, 0.1) is 17.1 Å². The van der Waals surface area contributed by atoms with Gasteiger partial charge >= 0.3 is 0 Å². The molecular formula is C19H22ClN2O+. The molecule has 0 radical (unpaired) electrons. The average Bonchev–Trinajstić information content (AvgIpc) is 2.61. The monoisotopic (exact) mass is 329 g/mol. The molecule has 0 saturated carbocycles. The number of pyridine rings is 1. The summed E-state index contributed by atoms with van der Waals surface area (Å²) >= 11 is 6.43. The second kappa shape index (κ2) is 6.50. The molecule has 2 aliphatic rings. The number of fused-ring (bicyclic) bond motifs is 3. The summed E-state index contributed by atoms with van der Waals surface area (Å²) in [6.45, 7) is 2.81. The van der Waals surface area contributed by atoms with Crippen LogP contribution in [0.2, 0.25) is 5.02 Å². The minimum atomic E-state index is 0.716. The van der Waals surface area contributed by atoms with Crippen molar-refractivity contribution < 1.29 is 9.64 Å². The van der Waals surface area contributed by atoms with Gasteiger partial charge in [0, 0.05) is 18.0 Å². The third-order valence-corrected chi connectivity index (χ3v) is 5.23. The number of hydrogen-bond acceptors (Lipinski definition) is 2. The molecule has 120 valence electrons. The highest BCUT2D eigenvalue weighted by Crippen LogP contribution is 2.34. The van der Waals surface area contributed by atoms with Gasteiger partial charge in [-0.05, 0) is 43.9 Å². The Morgan fingerprint density at radius 3 is 3.13 bits per heavy atom. The highest BCUT2D eigenvalue weighted by Gasteiger charge is 2.24. The summed E-state index contributed by atoms with van der Waals surface area (Å²) in [6, 6.07) is 5.97. The zero-order chi connectivity index (χ0) is 15.6. The van der Waals surface area contributed by atoms with Crippen LogP contribution in [0.5, 0.6) is 5.75 Å². The van der Waals surface area contributed by atoms with Crippen LogP contribution in [0.4, 0.5) is 0 Å². The van der Waals surface area contributed by atoms with Crippen molar-refractivity contribution in [3.63, 3.8) is 0 Å². The van der Waals surface area contributed by atoms with Gasteiger partial charge in [-0.1, -0.05) is 23.3 Å². The van der Waals surface area contributed by atoms with Crippen LogP contribution in [0.25, 0.3) is 10.9 Å². The van der Waals surface area contributed by atoms with Crippen LogP contribution in [0.15, 0.2) is 36.0 Å². The third kappa shape index (κ3) is 3.08. The van der Waals surface area contributed by atoms with E-state index in [1.165, 1.54) is 42.6 Å². The lowest BCUT2D eigenvalue weighted by Crippen LogP contribution is -3.12. The van der Waals surface area contributed by atoms with E-state index in [0.29, 0.717) is 6.73 Å². The van der Waals surface area contributed by atoms with Crippen LogP contribution in [-0.2, 0) is 6.54 Å². The Kier molecular flexibility index (Phi) is 4.23. The molecule has 3 nitrogen and oxygen atoms in total. The molecule has 0 amide bonds. The first-order valence-electron chi connectivity index (χ1n) is 8.51. The minimum Gasteiger partial charge on any atom is -0.443 e. The Balaban J connectivity index is 1.52. The van der Waals surface area contributed by atoms with Gasteiger partial charge in [0.1, 0.15) is 12.1 Å². The molecule has 0 fully saturated rings. The van der Waals surface area contributed by atoms with E-state index in [-0.39, 0.29) is 0 Å². The maximum atomic E-state index is 6.43. The van der Waals surface area contributed by atoms with Gasteiger partial charge in [0.15, 0.2) is 5.75 Å². The van der Waals surface area contributed by atoms with Crippen molar-refractivity contribution in [1.29, 1.82) is 0 Å². The molecule has 4 rings (SSSR count). The molecule has 2 aromatic rings. The van der Waals surface area contributed by atoms with Crippen molar-refractivity contribution in [1.82, 2.24) is 4.98 Å². The average molecular weight is 330 g/mol. The normalized spacial score (nSPS) is 20.7. The van der Waals surface area contributed by atoms with E-state index in [4.69, 9.17) is 16.3 Å². The van der Waals surface area contributed by atoms with Crippen molar-refractivity contribution in [2.75, 3.05) is 13.3 Å². The Bertz CT molecular complexity index is 756. The van der Waals surface area contributed by atoms with Crippen molar-refractivity contribution in [2.24, 2.45) is 0 Å². The third-order valence-electron chi connectivity index (χ3n) is 4.92. The van der Waals surface area contributed by atoms with E-state index in [1.807, 2.05) is 12.1 Å². The SMILES string of the molecule is Clc1cc2c(c3ncccc13)OC[NH+](CCC1=CCCCC1)C2. The van der Waals surface area contributed by atoms with Crippen LogP contribution in [0.1, 0.15) is 37.7 Å². The van der Waals surface area contributed by atoms with Gasteiger partial charge in [-0.25, -0.2) is 0 Å². The summed E-state index contributed by atoms with van der Waals surface area (Å²) in [5.74, 6) is 0.922. The maximum Gasteiger partial charge on any atom is 0.222 e. The number of aromatic nitrogens is 1. The van der Waals surface area contributed by atoms with E-state index >= 15 is 0 Å². The lowest BCUT2D eigenvalue weighted by molar-refractivity contribution is -0.932.